The molecule has 0 N–H and O–H groups in total. The van der Waals surface area contributed by atoms with Gasteiger partial charge in [-0.15, -0.1) is 0 Å². The van der Waals surface area contributed by atoms with Crippen LogP contribution in [0.1, 0.15) is 35.7 Å². The molecule has 0 aliphatic carbocycles. The van der Waals surface area contributed by atoms with Crippen LogP contribution in [0, 0.1) is 0 Å². The first-order chi connectivity index (χ1) is 13.3. The van der Waals surface area contributed by atoms with Gasteiger partial charge in [0.05, 0.1) is 11.1 Å². The van der Waals surface area contributed by atoms with Gasteiger partial charge >= 0.3 is 0 Å². The average Bonchev–Trinajstić information content (AvgIpc) is 3.28. The third-order valence-electron chi connectivity index (χ3n) is 4.30. The standard InChI is InChI=1S/C20H23N3O4S/c1-15(2)23(13-16-11-21-22(3)12-16)20(24)19-10-9-17(27-19)14-28(25,26)18-7-5-4-6-8-18/h4-12,15H,13-14H2,1-3H3. The highest BCUT2D eigenvalue weighted by molar-refractivity contribution is 7.90. The number of rotatable bonds is 7. The van der Waals surface area contributed by atoms with Crippen LogP contribution in [0.5, 0.6) is 0 Å². The molecule has 148 valence electrons. The molecule has 0 saturated carbocycles. The Balaban J connectivity index is 1.77. The summed E-state index contributed by atoms with van der Waals surface area (Å²) in [7, 11) is -1.72. The van der Waals surface area contributed by atoms with E-state index in [0.717, 1.165) is 5.56 Å². The molecule has 0 atom stereocenters. The largest absolute Gasteiger partial charge is 0.455 e. The number of carbonyl (C=O) groups excluding carboxylic acids is 1. The molecule has 2 aromatic heterocycles. The van der Waals surface area contributed by atoms with Gasteiger partial charge in [0.25, 0.3) is 5.91 Å². The summed E-state index contributed by atoms with van der Waals surface area (Å²) in [6, 6.07) is 11.2. The lowest BCUT2D eigenvalue weighted by molar-refractivity contribution is 0.0656. The molecule has 3 rings (SSSR count). The van der Waals surface area contributed by atoms with E-state index in [1.54, 1.807) is 46.1 Å². The SMILES string of the molecule is CC(C)N(Cc1cnn(C)c1)C(=O)c1ccc(CS(=O)(=O)c2ccccc2)o1. The van der Waals surface area contributed by atoms with E-state index < -0.39 is 9.84 Å². The summed E-state index contributed by atoms with van der Waals surface area (Å²) in [5.74, 6) is -0.232. The Labute approximate surface area is 164 Å². The van der Waals surface area contributed by atoms with Crippen LogP contribution in [0.15, 0.2) is 64.2 Å². The van der Waals surface area contributed by atoms with Crippen molar-refractivity contribution in [3.63, 3.8) is 0 Å². The van der Waals surface area contributed by atoms with Crippen molar-refractivity contribution < 1.29 is 17.6 Å². The van der Waals surface area contributed by atoms with E-state index in [1.807, 2.05) is 27.1 Å². The van der Waals surface area contributed by atoms with Gasteiger partial charge in [0.2, 0.25) is 0 Å². The van der Waals surface area contributed by atoms with Crippen LogP contribution in [0.2, 0.25) is 0 Å². The summed E-state index contributed by atoms with van der Waals surface area (Å²) >= 11 is 0. The molecule has 28 heavy (non-hydrogen) atoms. The molecule has 1 aromatic carbocycles. The predicted molar refractivity (Wildman–Crippen MR) is 104 cm³/mol. The quantitative estimate of drug-likeness (QED) is 0.607. The molecule has 0 aliphatic rings. The molecular weight excluding hydrogens is 378 g/mol. The maximum atomic E-state index is 12.9. The van der Waals surface area contributed by atoms with Crippen molar-refractivity contribution in [2.24, 2.45) is 7.05 Å². The minimum atomic E-state index is -3.54. The fraction of sp³-hybridized carbons (Fsp3) is 0.300. The monoisotopic (exact) mass is 401 g/mol. The molecule has 7 nitrogen and oxygen atoms in total. The summed E-state index contributed by atoms with van der Waals surface area (Å²) < 4.78 is 32.3. The molecule has 2 heterocycles. The number of carbonyl (C=O) groups is 1. The summed E-state index contributed by atoms with van der Waals surface area (Å²) in [4.78, 5) is 14.8. The smallest absolute Gasteiger partial charge is 0.290 e. The van der Waals surface area contributed by atoms with Crippen molar-refractivity contribution in [2.45, 2.75) is 37.1 Å². The van der Waals surface area contributed by atoms with Gasteiger partial charge in [-0.3, -0.25) is 9.48 Å². The first-order valence-electron chi connectivity index (χ1n) is 8.91. The summed E-state index contributed by atoms with van der Waals surface area (Å²) in [6.07, 6.45) is 3.56. The minimum Gasteiger partial charge on any atom is -0.455 e. The Morgan fingerprint density at radius 2 is 1.89 bits per heavy atom. The van der Waals surface area contributed by atoms with Gasteiger partial charge < -0.3 is 9.32 Å². The third kappa shape index (κ3) is 4.51. The summed E-state index contributed by atoms with van der Waals surface area (Å²) in [5.41, 5.74) is 0.906. The third-order valence-corrected chi connectivity index (χ3v) is 5.96. The van der Waals surface area contributed by atoms with Gasteiger partial charge in [0, 0.05) is 31.4 Å². The Morgan fingerprint density at radius 3 is 2.50 bits per heavy atom. The summed E-state index contributed by atoms with van der Waals surface area (Å²) in [5, 5.41) is 4.12. The number of amides is 1. The number of hydrogen-bond donors (Lipinski definition) is 0. The zero-order valence-electron chi connectivity index (χ0n) is 16.1. The maximum Gasteiger partial charge on any atom is 0.290 e. The molecule has 0 fully saturated rings. The average molecular weight is 401 g/mol. The van der Waals surface area contributed by atoms with Gasteiger partial charge in [0.15, 0.2) is 15.6 Å². The van der Waals surface area contributed by atoms with Crippen LogP contribution in [0.3, 0.4) is 0 Å². The number of aromatic nitrogens is 2. The van der Waals surface area contributed by atoms with E-state index >= 15 is 0 Å². The fourth-order valence-electron chi connectivity index (χ4n) is 2.85. The van der Waals surface area contributed by atoms with Gasteiger partial charge in [0.1, 0.15) is 11.5 Å². The van der Waals surface area contributed by atoms with Gasteiger partial charge in [-0.05, 0) is 38.1 Å². The van der Waals surface area contributed by atoms with Crippen molar-refractivity contribution in [3.05, 3.63) is 71.9 Å². The lowest BCUT2D eigenvalue weighted by atomic mass is 10.2. The van der Waals surface area contributed by atoms with E-state index in [2.05, 4.69) is 5.10 Å². The second-order valence-electron chi connectivity index (χ2n) is 6.89. The van der Waals surface area contributed by atoms with E-state index in [4.69, 9.17) is 4.42 Å². The number of sulfone groups is 1. The summed E-state index contributed by atoms with van der Waals surface area (Å²) in [6.45, 7) is 4.22. The van der Waals surface area contributed by atoms with Crippen molar-refractivity contribution >= 4 is 15.7 Å². The highest BCUT2D eigenvalue weighted by Crippen LogP contribution is 2.20. The first-order valence-corrected chi connectivity index (χ1v) is 10.6. The van der Waals surface area contributed by atoms with E-state index in [9.17, 15) is 13.2 Å². The number of aryl methyl sites for hydroxylation is 1. The van der Waals surface area contributed by atoms with Crippen LogP contribution in [0.4, 0.5) is 0 Å². The molecule has 0 aliphatic heterocycles. The molecule has 1 amide bonds. The lowest BCUT2D eigenvalue weighted by Crippen LogP contribution is -2.36. The highest BCUT2D eigenvalue weighted by atomic mass is 32.2. The second kappa shape index (κ2) is 8.02. The highest BCUT2D eigenvalue weighted by Gasteiger charge is 2.24. The Kier molecular flexibility index (Phi) is 5.69. The fourth-order valence-corrected chi connectivity index (χ4v) is 4.12. The zero-order chi connectivity index (χ0) is 20.3. The van der Waals surface area contributed by atoms with Crippen LogP contribution in [0.25, 0.3) is 0 Å². The number of benzene rings is 1. The number of hydrogen-bond acceptors (Lipinski definition) is 5. The van der Waals surface area contributed by atoms with Gasteiger partial charge in [-0.1, -0.05) is 18.2 Å². The van der Waals surface area contributed by atoms with Crippen LogP contribution < -0.4 is 0 Å². The van der Waals surface area contributed by atoms with Crippen LogP contribution in [-0.2, 0) is 29.2 Å². The molecule has 0 bridgehead atoms. The second-order valence-corrected chi connectivity index (χ2v) is 8.88. The predicted octanol–water partition coefficient (Wildman–Crippen LogP) is 3.04. The molecule has 0 saturated heterocycles. The van der Waals surface area contributed by atoms with Crippen molar-refractivity contribution in [1.82, 2.24) is 14.7 Å². The van der Waals surface area contributed by atoms with Crippen molar-refractivity contribution in [3.8, 4) is 0 Å². The Morgan fingerprint density at radius 1 is 1.18 bits per heavy atom. The Bertz CT molecular complexity index is 1050. The topological polar surface area (TPSA) is 85.4 Å². The maximum absolute atomic E-state index is 12.9. The lowest BCUT2D eigenvalue weighted by Gasteiger charge is -2.25. The first kappa shape index (κ1) is 19.9. The normalized spacial score (nSPS) is 11.7. The number of furan rings is 1. The molecule has 8 heteroatoms. The van der Waals surface area contributed by atoms with Crippen molar-refractivity contribution in [2.75, 3.05) is 0 Å². The molecule has 3 aromatic rings. The molecule has 0 radical (unpaired) electrons. The molecule has 0 unspecified atom stereocenters. The zero-order valence-corrected chi connectivity index (χ0v) is 16.9. The number of nitrogens with zero attached hydrogens (tertiary/aromatic N) is 3. The van der Waals surface area contributed by atoms with E-state index in [0.29, 0.717) is 6.54 Å². The molecular formula is C20H23N3O4S. The Hall–Kier alpha value is -2.87. The minimum absolute atomic E-state index is 0.0608. The van der Waals surface area contributed by atoms with Gasteiger partial charge in [-0.2, -0.15) is 5.10 Å². The van der Waals surface area contributed by atoms with Crippen LogP contribution >= 0.6 is 0 Å². The van der Waals surface area contributed by atoms with Crippen molar-refractivity contribution in [1.29, 1.82) is 0 Å². The van der Waals surface area contributed by atoms with E-state index in [-0.39, 0.29) is 34.1 Å². The molecule has 0 spiro atoms. The van der Waals surface area contributed by atoms with E-state index in [1.165, 1.54) is 12.1 Å². The van der Waals surface area contributed by atoms with Gasteiger partial charge in [-0.25, -0.2) is 8.42 Å². The van der Waals surface area contributed by atoms with Crippen LogP contribution in [-0.4, -0.2) is 35.0 Å².